The van der Waals surface area contributed by atoms with Gasteiger partial charge in [-0.1, -0.05) is 15.9 Å². The molecule has 1 amide bonds. The third-order valence-electron chi connectivity index (χ3n) is 3.12. The lowest BCUT2D eigenvalue weighted by atomic mass is 10.1. The fraction of sp³-hybridized carbons (Fsp3) is 0.533. The molecule has 2 rings (SSSR count). The molecule has 1 fully saturated rings. The molecular weight excluding hydrogens is 339 g/mol. The standard InChI is InChI=1S/C15H20BrFN2O2/c1-15(2,3)21-14(20)19-8-12(9-19)18-7-10-6-11(17)4-5-13(10)16/h4-6,12,18H,7-9H2,1-3H3. The van der Waals surface area contributed by atoms with E-state index in [1.54, 1.807) is 11.0 Å². The second kappa shape index (κ2) is 6.32. The zero-order chi connectivity index (χ0) is 15.6. The summed E-state index contributed by atoms with van der Waals surface area (Å²) in [5, 5.41) is 3.31. The molecule has 1 saturated heterocycles. The summed E-state index contributed by atoms with van der Waals surface area (Å²) >= 11 is 3.40. The van der Waals surface area contributed by atoms with Gasteiger partial charge in [0.15, 0.2) is 0 Å². The van der Waals surface area contributed by atoms with E-state index in [-0.39, 0.29) is 18.0 Å². The third kappa shape index (κ3) is 4.68. The Bertz CT molecular complexity index is 525. The van der Waals surface area contributed by atoms with Gasteiger partial charge in [0.05, 0.1) is 0 Å². The van der Waals surface area contributed by atoms with E-state index < -0.39 is 5.60 Å². The SMILES string of the molecule is CC(C)(C)OC(=O)N1CC(NCc2cc(F)ccc2Br)C1. The Hall–Kier alpha value is -1.14. The highest BCUT2D eigenvalue weighted by molar-refractivity contribution is 9.10. The van der Waals surface area contributed by atoms with Crippen molar-refractivity contribution in [2.24, 2.45) is 0 Å². The van der Waals surface area contributed by atoms with Crippen molar-refractivity contribution in [2.45, 2.75) is 39.0 Å². The van der Waals surface area contributed by atoms with E-state index in [2.05, 4.69) is 21.2 Å². The molecule has 0 atom stereocenters. The second-order valence-electron chi connectivity index (χ2n) is 6.20. The number of nitrogens with one attached hydrogen (secondary N) is 1. The summed E-state index contributed by atoms with van der Waals surface area (Å²) in [7, 11) is 0. The van der Waals surface area contributed by atoms with Crippen molar-refractivity contribution in [3.63, 3.8) is 0 Å². The minimum absolute atomic E-state index is 0.215. The van der Waals surface area contributed by atoms with E-state index in [1.165, 1.54) is 12.1 Å². The quantitative estimate of drug-likeness (QED) is 0.901. The van der Waals surface area contributed by atoms with Crippen LogP contribution in [0.4, 0.5) is 9.18 Å². The van der Waals surface area contributed by atoms with Crippen LogP contribution in [0.2, 0.25) is 0 Å². The van der Waals surface area contributed by atoms with Crippen LogP contribution in [0, 0.1) is 5.82 Å². The maximum atomic E-state index is 13.2. The highest BCUT2D eigenvalue weighted by Crippen LogP contribution is 2.19. The lowest BCUT2D eigenvalue weighted by Crippen LogP contribution is -2.60. The average molecular weight is 359 g/mol. The number of rotatable bonds is 3. The summed E-state index contributed by atoms with van der Waals surface area (Å²) in [6, 6.07) is 4.83. The maximum Gasteiger partial charge on any atom is 0.410 e. The summed E-state index contributed by atoms with van der Waals surface area (Å²) in [4.78, 5) is 13.4. The number of carbonyl (C=O) groups is 1. The Balaban J connectivity index is 1.76. The monoisotopic (exact) mass is 358 g/mol. The van der Waals surface area contributed by atoms with E-state index in [0.29, 0.717) is 19.6 Å². The highest BCUT2D eigenvalue weighted by atomic mass is 79.9. The largest absolute Gasteiger partial charge is 0.444 e. The summed E-state index contributed by atoms with van der Waals surface area (Å²) in [5.41, 5.74) is 0.396. The van der Waals surface area contributed by atoms with Gasteiger partial charge in [0.25, 0.3) is 0 Å². The molecular formula is C15H20BrFN2O2. The summed E-state index contributed by atoms with van der Waals surface area (Å²) in [6.45, 7) is 7.33. The topological polar surface area (TPSA) is 41.6 Å². The Morgan fingerprint density at radius 2 is 2.14 bits per heavy atom. The van der Waals surface area contributed by atoms with Gasteiger partial charge in [-0.25, -0.2) is 9.18 Å². The van der Waals surface area contributed by atoms with Gasteiger partial charge in [0, 0.05) is 30.1 Å². The van der Waals surface area contributed by atoms with E-state index in [1.807, 2.05) is 20.8 Å². The number of ether oxygens (including phenoxy) is 1. The molecule has 1 heterocycles. The van der Waals surface area contributed by atoms with Gasteiger partial charge in [-0.05, 0) is 44.5 Å². The maximum absolute atomic E-state index is 13.2. The molecule has 116 valence electrons. The zero-order valence-corrected chi connectivity index (χ0v) is 14.0. The van der Waals surface area contributed by atoms with Crippen molar-refractivity contribution in [2.75, 3.05) is 13.1 Å². The number of nitrogens with zero attached hydrogens (tertiary/aromatic N) is 1. The summed E-state index contributed by atoms with van der Waals surface area (Å²) in [5.74, 6) is -0.251. The first-order valence-corrected chi connectivity index (χ1v) is 7.69. The predicted molar refractivity (Wildman–Crippen MR) is 82.5 cm³/mol. The molecule has 1 aromatic rings. The van der Waals surface area contributed by atoms with Crippen LogP contribution in [0.5, 0.6) is 0 Å². The third-order valence-corrected chi connectivity index (χ3v) is 3.90. The average Bonchev–Trinajstić information content (AvgIpc) is 2.29. The zero-order valence-electron chi connectivity index (χ0n) is 12.5. The van der Waals surface area contributed by atoms with E-state index in [9.17, 15) is 9.18 Å². The number of likely N-dealkylation sites (tertiary alicyclic amines) is 1. The minimum atomic E-state index is -0.470. The van der Waals surface area contributed by atoms with Crippen LogP contribution in [0.3, 0.4) is 0 Å². The van der Waals surface area contributed by atoms with Crippen LogP contribution in [-0.2, 0) is 11.3 Å². The molecule has 0 radical (unpaired) electrons. The molecule has 1 aliphatic rings. The van der Waals surface area contributed by atoms with Gasteiger partial charge < -0.3 is 15.0 Å². The van der Waals surface area contributed by atoms with Crippen molar-refractivity contribution in [1.29, 1.82) is 0 Å². The molecule has 0 unspecified atom stereocenters. The van der Waals surface area contributed by atoms with Crippen molar-refractivity contribution in [3.8, 4) is 0 Å². The van der Waals surface area contributed by atoms with Crippen LogP contribution < -0.4 is 5.32 Å². The summed E-state index contributed by atoms with van der Waals surface area (Å²) in [6.07, 6.45) is -0.285. The summed E-state index contributed by atoms with van der Waals surface area (Å²) < 4.78 is 19.3. The molecule has 1 N–H and O–H groups in total. The number of hydrogen-bond donors (Lipinski definition) is 1. The second-order valence-corrected chi connectivity index (χ2v) is 7.05. The van der Waals surface area contributed by atoms with Gasteiger partial charge >= 0.3 is 6.09 Å². The lowest BCUT2D eigenvalue weighted by molar-refractivity contribution is 0.00518. The minimum Gasteiger partial charge on any atom is -0.444 e. The lowest BCUT2D eigenvalue weighted by Gasteiger charge is -2.40. The normalized spacial score (nSPS) is 15.8. The van der Waals surface area contributed by atoms with Crippen LogP contribution in [0.25, 0.3) is 0 Å². The number of carbonyl (C=O) groups excluding carboxylic acids is 1. The Morgan fingerprint density at radius 1 is 1.48 bits per heavy atom. The van der Waals surface area contributed by atoms with Gasteiger partial charge in [-0.15, -0.1) is 0 Å². The van der Waals surface area contributed by atoms with E-state index in [0.717, 1.165) is 10.0 Å². The Kier molecular flexibility index (Phi) is 4.88. The first-order valence-electron chi connectivity index (χ1n) is 6.90. The van der Waals surface area contributed by atoms with Crippen LogP contribution in [0.1, 0.15) is 26.3 Å². The van der Waals surface area contributed by atoms with Gasteiger partial charge in [0.2, 0.25) is 0 Å². The molecule has 0 spiro atoms. The van der Waals surface area contributed by atoms with Gasteiger partial charge in [0.1, 0.15) is 11.4 Å². The van der Waals surface area contributed by atoms with Crippen LogP contribution in [-0.4, -0.2) is 35.7 Å². The molecule has 0 bridgehead atoms. The smallest absolute Gasteiger partial charge is 0.410 e. The fourth-order valence-electron chi connectivity index (χ4n) is 2.02. The predicted octanol–water partition coefficient (Wildman–Crippen LogP) is 3.30. The van der Waals surface area contributed by atoms with E-state index in [4.69, 9.17) is 4.74 Å². The first kappa shape index (κ1) is 16.2. The van der Waals surface area contributed by atoms with Gasteiger partial charge in [-0.2, -0.15) is 0 Å². The number of amides is 1. The van der Waals surface area contributed by atoms with Crippen molar-refractivity contribution < 1.29 is 13.9 Å². The van der Waals surface area contributed by atoms with E-state index >= 15 is 0 Å². The number of benzene rings is 1. The number of hydrogen-bond acceptors (Lipinski definition) is 3. The molecule has 21 heavy (non-hydrogen) atoms. The molecule has 4 nitrogen and oxygen atoms in total. The van der Waals surface area contributed by atoms with Crippen molar-refractivity contribution >= 4 is 22.0 Å². The molecule has 1 aromatic carbocycles. The van der Waals surface area contributed by atoms with Crippen molar-refractivity contribution in [3.05, 3.63) is 34.1 Å². The highest BCUT2D eigenvalue weighted by Gasteiger charge is 2.33. The van der Waals surface area contributed by atoms with Crippen LogP contribution in [0.15, 0.2) is 22.7 Å². The molecule has 0 aromatic heterocycles. The van der Waals surface area contributed by atoms with Gasteiger partial charge in [-0.3, -0.25) is 0 Å². The first-order chi connectivity index (χ1) is 9.74. The molecule has 6 heteroatoms. The van der Waals surface area contributed by atoms with Crippen LogP contribution >= 0.6 is 15.9 Å². The molecule has 0 saturated carbocycles. The van der Waals surface area contributed by atoms with Crippen molar-refractivity contribution in [1.82, 2.24) is 10.2 Å². The number of halogens is 2. The Labute approximate surface area is 132 Å². The molecule has 0 aliphatic carbocycles. The Morgan fingerprint density at radius 3 is 2.76 bits per heavy atom. The fourth-order valence-corrected chi connectivity index (χ4v) is 2.40. The molecule has 1 aliphatic heterocycles.